The number of nitrogens with one attached hydrogen (secondary N) is 1. The van der Waals surface area contributed by atoms with Crippen LogP contribution in [0.25, 0.3) is 0 Å². The molecular weight excluding hydrogens is 274 g/mol. The molecule has 112 valence electrons. The summed E-state index contributed by atoms with van der Waals surface area (Å²) in [7, 11) is 1.83. The van der Waals surface area contributed by atoms with Crippen LogP contribution in [0.3, 0.4) is 0 Å². The van der Waals surface area contributed by atoms with Gasteiger partial charge in [0.25, 0.3) is 0 Å². The number of aromatic nitrogens is 3. The second-order valence-electron chi connectivity index (χ2n) is 4.99. The van der Waals surface area contributed by atoms with Gasteiger partial charge in [-0.1, -0.05) is 38.9 Å². The molecule has 0 spiro atoms. The normalized spacial score (nSPS) is 11.3. The van der Waals surface area contributed by atoms with E-state index in [2.05, 4.69) is 15.5 Å². The topological polar surface area (TPSA) is 85.8 Å². The molecule has 1 heterocycles. The first-order valence-corrected chi connectivity index (χ1v) is 7.29. The predicted molar refractivity (Wildman–Crippen MR) is 81.9 cm³/mol. The smallest absolute Gasteiger partial charge is 0.233 e. The van der Waals surface area contributed by atoms with E-state index >= 15 is 0 Å². The number of aryl methyl sites for hydroxylation is 1. The number of nitrogens with two attached hydrogens (primary N) is 1. The molecular formula is C13H23N5OS. The van der Waals surface area contributed by atoms with Crippen LogP contribution in [0.5, 0.6) is 0 Å². The largest absolute Gasteiger partial charge is 0.392 e. The van der Waals surface area contributed by atoms with Crippen molar-refractivity contribution in [2.24, 2.45) is 18.2 Å². The van der Waals surface area contributed by atoms with E-state index in [4.69, 9.17) is 18.0 Å². The van der Waals surface area contributed by atoms with Crippen LogP contribution in [0.4, 0.5) is 0 Å². The Morgan fingerprint density at radius 3 is 2.45 bits per heavy atom. The van der Waals surface area contributed by atoms with Crippen LogP contribution in [0.15, 0.2) is 6.33 Å². The number of hydrogen-bond donors (Lipinski definition) is 2. The predicted octanol–water partition coefficient (Wildman–Crippen LogP) is 1.30. The maximum absolute atomic E-state index is 12.6. The number of hydrogen-bond acceptors (Lipinski definition) is 4. The van der Waals surface area contributed by atoms with Gasteiger partial charge in [-0.2, -0.15) is 0 Å². The second-order valence-corrected chi connectivity index (χ2v) is 5.43. The molecule has 0 atom stereocenters. The Bertz CT molecular complexity index is 465. The van der Waals surface area contributed by atoms with E-state index in [0.717, 1.165) is 12.8 Å². The van der Waals surface area contributed by atoms with Crippen molar-refractivity contribution >= 4 is 23.1 Å². The SMILES string of the molecule is CCCC(CCC)(C(=O)NCc1nncn1C)C(N)=S. The van der Waals surface area contributed by atoms with E-state index in [0.29, 0.717) is 25.2 Å². The van der Waals surface area contributed by atoms with Gasteiger partial charge >= 0.3 is 0 Å². The van der Waals surface area contributed by atoms with E-state index < -0.39 is 5.41 Å². The van der Waals surface area contributed by atoms with Crippen LogP contribution in [0.2, 0.25) is 0 Å². The number of amides is 1. The molecule has 3 N–H and O–H groups in total. The van der Waals surface area contributed by atoms with Crippen molar-refractivity contribution in [3.05, 3.63) is 12.2 Å². The van der Waals surface area contributed by atoms with E-state index in [1.165, 1.54) is 0 Å². The van der Waals surface area contributed by atoms with Gasteiger partial charge in [0.15, 0.2) is 5.82 Å². The number of carbonyl (C=O) groups is 1. The minimum Gasteiger partial charge on any atom is -0.392 e. The van der Waals surface area contributed by atoms with Crippen molar-refractivity contribution in [2.45, 2.75) is 46.1 Å². The van der Waals surface area contributed by atoms with Gasteiger partial charge < -0.3 is 15.6 Å². The van der Waals surface area contributed by atoms with E-state index in [-0.39, 0.29) is 10.9 Å². The highest BCUT2D eigenvalue weighted by atomic mass is 32.1. The Balaban J connectivity index is 2.82. The molecule has 0 aliphatic carbocycles. The fourth-order valence-corrected chi connectivity index (χ4v) is 2.66. The van der Waals surface area contributed by atoms with Crippen molar-refractivity contribution in [3.63, 3.8) is 0 Å². The molecule has 0 bridgehead atoms. The van der Waals surface area contributed by atoms with Crippen LogP contribution in [-0.2, 0) is 18.4 Å². The Morgan fingerprint density at radius 2 is 2.05 bits per heavy atom. The summed E-state index contributed by atoms with van der Waals surface area (Å²) in [6, 6.07) is 0. The third-order valence-corrected chi connectivity index (χ3v) is 3.86. The quantitative estimate of drug-likeness (QED) is 0.706. The van der Waals surface area contributed by atoms with Crippen LogP contribution in [-0.4, -0.2) is 25.7 Å². The summed E-state index contributed by atoms with van der Waals surface area (Å²) in [6.45, 7) is 4.38. The molecule has 1 rings (SSSR count). The van der Waals surface area contributed by atoms with Gasteiger partial charge in [-0.05, 0) is 12.8 Å². The highest BCUT2D eigenvalue weighted by Gasteiger charge is 2.39. The van der Waals surface area contributed by atoms with E-state index in [1.54, 1.807) is 10.9 Å². The number of carbonyl (C=O) groups excluding carboxylic acids is 1. The first-order chi connectivity index (χ1) is 9.47. The molecule has 7 heteroatoms. The van der Waals surface area contributed by atoms with Crippen LogP contribution in [0.1, 0.15) is 45.4 Å². The highest BCUT2D eigenvalue weighted by Crippen LogP contribution is 2.31. The highest BCUT2D eigenvalue weighted by molar-refractivity contribution is 7.80. The van der Waals surface area contributed by atoms with Crippen molar-refractivity contribution < 1.29 is 4.79 Å². The van der Waals surface area contributed by atoms with Gasteiger partial charge in [-0.25, -0.2) is 0 Å². The zero-order valence-corrected chi connectivity index (χ0v) is 13.2. The summed E-state index contributed by atoms with van der Waals surface area (Å²) in [5.74, 6) is 0.583. The first kappa shape index (κ1) is 16.6. The summed E-state index contributed by atoms with van der Waals surface area (Å²) < 4.78 is 1.77. The van der Waals surface area contributed by atoms with Gasteiger partial charge in [0, 0.05) is 7.05 Å². The average Bonchev–Trinajstić information content (AvgIpc) is 2.80. The Morgan fingerprint density at radius 1 is 1.45 bits per heavy atom. The third-order valence-electron chi connectivity index (χ3n) is 3.47. The van der Waals surface area contributed by atoms with Crippen LogP contribution in [0, 0.1) is 5.41 Å². The Kier molecular flexibility index (Phi) is 6.06. The lowest BCUT2D eigenvalue weighted by Gasteiger charge is -2.30. The molecule has 6 nitrogen and oxygen atoms in total. The van der Waals surface area contributed by atoms with Crippen molar-refractivity contribution in [2.75, 3.05) is 0 Å². The zero-order chi connectivity index (χ0) is 15.2. The monoisotopic (exact) mass is 297 g/mol. The molecule has 0 saturated heterocycles. The van der Waals surface area contributed by atoms with Gasteiger partial charge in [-0.15, -0.1) is 10.2 Å². The molecule has 1 amide bonds. The lowest BCUT2D eigenvalue weighted by molar-refractivity contribution is -0.128. The number of thiocarbonyl (C=S) groups is 1. The van der Waals surface area contributed by atoms with E-state index in [9.17, 15) is 4.79 Å². The minimum absolute atomic E-state index is 0.114. The number of nitrogens with zero attached hydrogens (tertiary/aromatic N) is 3. The molecule has 0 fully saturated rings. The summed E-state index contributed by atoms with van der Waals surface area (Å²) in [5, 5.41) is 10.6. The molecule has 0 aliphatic rings. The molecule has 1 aromatic rings. The molecule has 1 aromatic heterocycles. The van der Waals surface area contributed by atoms with Gasteiger partial charge in [0.1, 0.15) is 6.33 Å². The van der Waals surface area contributed by atoms with Crippen molar-refractivity contribution in [1.29, 1.82) is 0 Å². The van der Waals surface area contributed by atoms with Gasteiger partial charge in [0.05, 0.1) is 16.9 Å². The fraction of sp³-hybridized carbons (Fsp3) is 0.692. The molecule has 0 radical (unpaired) electrons. The maximum atomic E-state index is 12.6. The van der Waals surface area contributed by atoms with Crippen LogP contribution >= 0.6 is 12.2 Å². The minimum atomic E-state index is -0.753. The molecule has 0 aromatic carbocycles. The zero-order valence-electron chi connectivity index (χ0n) is 12.3. The van der Waals surface area contributed by atoms with Crippen molar-refractivity contribution in [1.82, 2.24) is 20.1 Å². The second kappa shape index (κ2) is 7.33. The maximum Gasteiger partial charge on any atom is 0.233 e. The number of rotatable bonds is 8. The lowest BCUT2D eigenvalue weighted by atomic mass is 9.78. The van der Waals surface area contributed by atoms with Gasteiger partial charge in [-0.3, -0.25) is 4.79 Å². The Hall–Kier alpha value is -1.50. The lowest BCUT2D eigenvalue weighted by Crippen LogP contribution is -2.48. The van der Waals surface area contributed by atoms with Crippen LogP contribution < -0.4 is 11.1 Å². The molecule has 20 heavy (non-hydrogen) atoms. The standard InChI is InChI=1S/C13H23N5OS/c1-4-6-13(7-5-2,11(14)20)12(19)15-8-10-17-16-9-18(10)3/h9H,4-8H2,1-3H3,(H2,14,20)(H,15,19). The average molecular weight is 297 g/mol. The van der Waals surface area contributed by atoms with Crippen molar-refractivity contribution in [3.8, 4) is 0 Å². The molecule has 0 unspecified atom stereocenters. The van der Waals surface area contributed by atoms with Gasteiger partial charge in [0.2, 0.25) is 5.91 Å². The summed E-state index contributed by atoms with van der Waals surface area (Å²) in [6.07, 6.45) is 4.64. The summed E-state index contributed by atoms with van der Waals surface area (Å²) >= 11 is 5.16. The summed E-state index contributed by atoms with van der Waals surface area (Å²) in [4.78, 5) is 12.8. The Labute approximate surface area is 125 Å². The third kappa shape index (κ3) is 3.53. The molecule has 0 aliphatic heterocycles. The first-order valence-electron chi connectivity index (χ1n) is 6.89. The molecule has 0 saturated carbocycles. The van der Waals surface area contributed by atoms with E-state index in [1.807, 2.05) is 20.9 Å². The summed E-state index contributed by atoms with van der Waals surface area (Å²) in [5.41, 5.74) is 5.11. The fourth-order valence-electron chi connectivity index (χ4n) is 2.36.